The number of nitrogens with zero attached hydrogens (tertiary/aromatic N) is 1. The van der Waals surface area contributed by atoms with Crippen molar-refractivity contribution in [3.05, 3.63) is 84.1 Å². The molecule has 3 aromatic carbocycles. The van der Waals surface area contributed by atoms with Crippen LogP contribution in [0.1, 0.15) is 15.9 Å². The fraction of sp³-hybridized carbons (Fsp3) is 0.200. The summed E-state index contributed by atoms with van der Waals surface area (Å²) in [6, 6.07) is 20.3. The first-order valence-corrected chi connectivity index (χ1v) is 12.2. The molecule has 38 heavy (non-hydrogen) atoms. The molecular formula is C30H29N3O5. The molecule has 5 aromatic rings. The van der Waals surface area contributed by atoms with Crippen molar-refractivity contribution in [2.45, 2.75) is 12.5 Å². The van der Waals surface area contributed by atoms with E-state index in [1.807, 2.05) is 54.7 Å². The lowest BCUT2D eigenvalue weighted by Crippen LogP contribution is -2.39. The van der Waals surface area contributed by atoms with E-state index in [9.17, 15) is 9.90 Å². The van der Waals surface area contributed by atoms with Crippen LogP contribution in [0.3, 0.4) is 0 Å². The van der Waals surface area contributed by atoms with Gasteiger partial charge in [-0.05, 0) is 42.3 Å². The number of ether oxygens (including phenoxy) is 3. The smallest absolute Gasteiger partial charge is 0.252 e. The molecule has 8 heteroatoms. The maximum absolute atomic E-state index is 13.6. The number of carbonyl (C=O) groups excluding carboxylic acids is 1. The average molecular weight is 512 g/mol. The lowest BCUT2D eigenvalue weighted by molar-refractivity contribution is 0.0918. The Morgan fingerprint density at radius 3 is 2.32 bits per heavy atom. The van der Waals surface area contributed by atoms with Gasteiger partial charge in [0.15, 0.2) is 11.5 Å². The number of aliphatic hydroxyl groups is 1. The molecule has 2 aromatic heterocycles. The highest BCUT2D eigenvalue weighted by atomic mass is 16.5. The third kappa shape index (κ3) is 4.73. The molecule has 0 aliphatic carbocycles. The first-order valence-electron chi connectivity index (χ1n) is 12.2. The molecule has 1 amide bonds. The fourth-order valence-electron chi connectivity index (χ4n) is 4.73. The number of H-pyrrole nitrogens is 1. The predicted octanol–water partition coefficient (Wildman–Crippen LogP) is 4.74. The first-order chi connectivity index (χ1) is 18.6. The number of aliphatic hydroxyl groups excluding tert-OH is 1. The Morgan fingerprint density at radius 1 is 0.947 bits per heavy atom. The summed E-state index contributed by atoms with van der Waals surface area (Å²) < 4.78 is 16.5. The molecule has 0 bridgehead atoms. The number of amides is 1. The Hall–Kier alpha value is -4.56. The van der Waals surface area contributed by atoms with Gasteiger partial charge in [-0.15, -0.1) is 0 Å². The van der Waals surface area contributed by atoms with Crippen LogP contribution in [0.4, 0.5) is 0 Å². The summed E-state index contributed by atoms with van der Waals surface area (Å²) in [4.78, 5) is 21.7. The molecule has 5 rings (SSSR count). The minimum atomic E-state index is -0.474. The van der Waals surface area contributed by atoms with Crippen molar-refractivity contribution in [2.24, 2.45) is 0 Å². The zero-order valence-corrected chi connectivity index (χ0v) is 21.4. The lowest BCUT2D eigenvalue weighted by Gasteiger charge is -2.18. The van der Waals surface area contributed by atoms with E-state index in [1.54, 1.807) is 39.5 Å². The zero-order valence-electron chi connectivity index (χ0n) is 21.4. The Balaban J connectivity index is 1.51. The fourth-order valence-corrected chi connectivity index (χ4v) is 4.73. The van der Waals surface area contributed by atoms with Crippen LogP contribution in [0.25, 0.3) is 33.1 Å². The van der Waals surface area contributed by atoms with Gasteiger partial charge in [0.2, 0.25) is 5.75 Å². The molecule has 0 aliphatic heterocycles. The van der Waals surface area contributed by atoms with Crippen molar-refractivity contribution in [2.75, 3.05) is 27.9 Å². The van der Waals surface area contributed by atoms with Gasteiger partial charge >= 0.3 is 0 Å². The third-order valence-corrected chi connectivity index (χ3v) is 6.62. The molecule has 1 atom stereocenters. The number of aromatic amines is 1. The van der Waals surface area contributed by atoms with Gasteiger partial charge in [0.05, 0.1) is 50.8 Å². The van der Waals surface area contributed by atoms with Crippen LogP contribution in [-0.2, 0) is 6.42 Å². The molecule has 0 saturated carbocycles. The van der Waals surface area contributed by atoms with Crippen LogP contribution in [0, 0.1) is 0 Å². The van der Waals surface area contributed by atoms with Gasteiger partial charge in [-0.25, -0.2) is 4.98 Å². The largest absolute Gasteiger partial charge is 0.493 e. The van der Waals surface area contributed by atoms with Gasteiger partial charge in [-0.2, -0.15) is 0 Å². The Bertz CT molecular complexity index is 1590. The van der Waals surface area contributed by atoms with Gasteiger partial charge < -0.3 is 29.6 Å². The summed E-state index contributed by atoms with van der Waals surface area (Å²) in [5, 5.41) is 14.9. The number of aromatic nitrogens is 2. The van der Waals surface area contributed by atoms with E-state index in [0.29, 0.717) is 51.4 Å². The highest BCUT2D eigenvalue weighted by Gasteiger charge is 2.21. The second-order valence-electron chi connectivity index (χ2n) is 8.90. The first kappa shape index (κ1) is 25.1. The molecule has 0 aliphatic rings. The van der Waals surface area contributed by atoms with Crippen molar-refractivity contribution in [1.29, 1.82) is 0 Å². The number of hydrogen-bond donors (Lipinski definition) is 3. The maximum atomic E-state index is 13.6. The number of pyridine rings is 1. The zero-order chi connectivity index (χ0) is 26.6. The summed E-state index contributed by atoms with van der Waals surface area (Å²) in [7, 11) is 4.65. The minimum Gasteiger partial charge on any atom is -0.493 e. The van der Waals surface area contributed by atoms with E-state index in [4.69, 9.17) is 19.2 Å². The summed E-state index contributed by atoms with van der Waals surface area (Å²) in [5.41, 5.74) is 4.44. The second-order valence-corrected chi connectivity index (χ2v) is 8.90. The maximum Gasteiger partial charge on any atom is 0.252 e. The number of benzene rings is 3. The minimum absolute atomic E-state index is 0.200. The summed E-state index contributed by atoms with van der Waals surface area (Å²) in [5.74, 6) is 1.15. The van der Waals surface area contributed by atoms with Crippen molar-refractivity contribution in [1.82, 2.24) is 15.3 Å². The number of nitrogens with one attached hydrogen (secondary N) is 2. The van der Waals surface area contributed by atoms with E-state index in [0.717, 1.165) is 16.5 Å². The predicted molar refractivity (Wildman–Crippen MR) is 147 cm³/mol. The topological polar surface area (TPSA) is 106 Å². The van der Waals surface area contributed by atoms with E-state index in [2.05, 4.69) is 10.3 Å². The van der Waals surface area contributed by atoms with Crippen LogP contribution < -0.4 is 19.5 Å². The highest BCUT2D eigenvalue weighted by Crippen LogP contribution is 2.41. The molecule has 0 unspecified atom stereocenters. The van der Waals surface area contributed by atoms with Crippen LogP contribution in [-0.4, -0.2) is 55.0 Å². The Kier molecular flexibility index (Phi) is 7.15. The standard InChI is InChI=1S/C30H29N3O5/c1-36-27-13-18(14-28(37-2)29(27)38-3)26-15-23(22-9-5-7-11-25(22)33-26)30(35)32-20(17-34)12-19-16-31-24-10-6-4-8-21(19)24/h4-11,13-16,20,31,34H,12,17H2,1-3H3,(H,32,35)/t20-/m0/s1. The summed E-state index contributed by atoms with van der Waals surface area (Å²) >= 11 is 0. The van der Waals surface area contributed by atoms with Crippen molar-refractivity contribution < 1.29 is 24.1 Å². The molecule has 8 nitrogen and oxygen atoms in total. The van der Waals surface area contributed by atoms with Crippen LogP contribution in [0.15, 0.2) is 72.9 Å². The number of carbonyl (C=O) groups is 1. The van der Waals surface area contributed by atoms with E-state index >= 15 is 0 Å². The number of methoxy groups -OCH3 is 3. The number of hydrogen-bond acceptors (Lipinski definition) is 6. The van der Waals surface area contributed by atoms with Crippen LogP contribution in [0.2, 0.25) is 0 Å². The molecule has 0 spiro atoms. The van der Waals surface area contributed by atoms with Gasteiger partial charge in [0, 0.05) is 28.0 Å². The normalized spacial score (nSPS) is 11.9. The van der Waals surface area contributed by atoms with Crippen molar-refractivity contribution >= 4 is 27.7 Å². The highest BCUT2D eigenvalue weighted by molar-refractivity contribution is 6.07. The molecule has 2 heterocycles. The Morgan fingerprint density at radius 2 is 1.63 bits per heavy atom. The summed E-state index contributed by atoms with van der Waals surface area (Å²) in [6.07, 6.45) is 2.40. The van der Waals surface area contributed by atoms with E-state index in [-0.39, 0.29) is 12.5 Å². The quantitative estimate of drug-likeness (QED) is 0.264. The molecule has 0 radical (unpaired) electrons. The average Bonchev–Trinajstić information content (AvgIpc) is 3.37. The van der Waals surface area contributed by atoms with E-state index in [1.165, 1.54) is 0 Å². The van der Waals surface area contributed by atoms with Crippen LogP contribution >= 0.6 is 0 Å². The van der Waals surface area contributed by atoms with Crippen LogP contribution in [0.5, 0.6) is 17.2 Å². The molecule has 0 saturated heterocycles. The van der Waals surface area contributed by atoms with Gasteiger partial charge in [-0.1, -0.05) is 36.4 Å². The molecule has 194 valence electrons. The third-order valence-electron chi connectivity index (χ3n) is 6.62. The van der Waals surface area contributed by atoms with Crippen molar-refractivity contribution in [3.63, 3.8) is 0 Å². The Labute approximate surface area is 220 Å². The lowest BCUT2D eigenvalue weighted by atomic mass is 10.0. The van der Waals surface area contributed by atoms with Gasteiger partial charge in [0.25, 0.3) is 5.91 Å². The monoisotopic (exact) mass is 511 g/mol. The SMILES string of the molecule is COc1cc(-c2cc(C(=O)N[C@H](CO)Cc3c[nH]c4ccccc34)c3ccccc3n2)cc(OC)c1OC. The molecule has 3 N–H and O–H groups in total. The second kappa shape index (κ2) is 10.8. The number of fused-ring (bicyclic) bond motifs is 2. The molecular weight excluding hydrogens is 482 g/mol. The van der Waals surface area contributed by atoms with Crippen molar-refractivity contribution in [3.8, 4) is 28.5 Å². The van der Waals surface area contributed by atoms with Gasteiger partial charge in [0.1, 0.15) is 0 Å². The summed E-state index contributed by atoms with van der Waals surface area (Å²) in [6.45, 7) is -0.200. The van der Waals surface area contributed by atoms with E-state index < -0.39 is 6.04 Å². The number of para-hydroxylation sites is 2. The van der Waals surface area contributed by atoms with Gasteiger partial charge in [-0.3, -0.25) is 4.79 Å². The molecule has 0 fully saturated rings. The number of rotatable bonds is 9.